The monoisotopic (exact) mass is 496 g/mol. The van der Waals surface area contributed by atoms with Crippen LogP contribution < -0.4 is 0 Å². The van der Waals surface area contributed by atoms with Crippen LogP contribution in [0.15, 0.2) is 109 Å². The zero-order valence-electron chi connectivity index (χ0n) is 22.9. The Bertz CT molecular complexity index is 1570. The SMILES string of the molecule is CC1=Cc2c(-c3ccc(C)cc3)cccc2C1(C)[Si](C)(C)C1(C)C=C(c2ccccc2)c2ccccc21. The van der Waals surface area contributed by atoms with Gasteiger partial charge in [0.2, 0.25) is 0 Å². The van der Waals surface area contributed by atoms with Crippen LogP contribution in [-0.4, -0.2) is 8.07 Å². The fourth-order valence-electron chi connectivity index (χ4n) is 7.05. The maximum absolute atomic E-state index is 2.62. The number of benzene rings is 4. The molecular formula is C36H36Si. The lowest BCUT2D eigenvalue weighted by Gasteiger charge is -2.52. The normalized spacial score (nSPS) is 22.3. The van der Waals surface area contributed by atoms with Gasteiger partial charge in [0.25, 0.3) is 0 Å². The van der Waals surface area contributed by atoms with Gasteiger partial charge in [0.15, 0.2) is 0 Å². The van der Waals surface area contributed by atoms with Gasteiger partial charge in [-0.15, -0.1) is 0 Å². The van der Waals surface area contributed by atoms with Crippen molar-refractivity contribution in [3.63, 3.8) is 0 Å². The molecule has 37 heavy (non-hydrogen) atoms. The number of hydrogen-bond acceptors (Lipinski definition) is 0. The molecule has 0 aromatic heterocycles. The van der Waals surface area contributed by atoms with Crippen molar-refractivity contribution in [1.29, 1.82) is 0 Å². The van der Waals surface area contributed by atoms with Gasteiger partial charge in [0.05, 0.1) is 8.07 Å². The highest BCUT2D eigenvalue weighted by atomic mass is 28.3. The molecule has 2 aliphatic carbocycles. The molecule has 4 aromatic rings. The lowest BCUT2D eigenvalue weighted by molar-refractivity contribution is 0.688. The molecule has 2 aliphatic rings. The second-order valence-electron chi connectivity index (χ2n) is 11.9. The highest BCUT2D eigenvalue weighted by molar-refractivity contribution is 6.84. The van der Waals surface area contributed by atoms with E-state index in [9.17, 15) is 0 Å². The number of rotatable bonds is 4. The summed E-state index contributed by atoms with van der Waals surface area (Å²) in [6.07, 6.45) is 5.12. The van der Waals surface area contributed by atoms with E-state index < -0.39 is 8.07 Å². The van der Waals surface area contributed by atoms with Crippen LogP contribution in [0.25, 0.3) is 22.8 Å². The highest BCUT2D eigenvalue weighted by Gasteiger charge is 2.59. The predicted octanol–water partition coefficient (Wildman–Crippen LogP) is 9.53. The fourth-order valence-corrected chi connectivity index (χ4v) is 11.4. The van der Waals surface area contributed by atoms with Crippen molar-refractivity contribution in [2.24, 2.45) is 0 Å². The second kappa shape index (κ2) is 8.30. The molecule has 2 atom stereocenters. The molecule has 0 amide bonds. The summed E-state index contributed by atoms with van der Waals surface area (Å²) in [4.78, 5) is 0. The molecule has 0 radical (unpaired) electrons. The van der Waals surface area contributed by atoms with Crippen molar-refractivity contribution in [3.05, 3.63) is 142 Å². The van der Waals surface area contributed by atoms with Gasteiger partial charge in [0, 0.05) is 10.1 Å². The average Bonchev–Trinajstić information content (AvgIpc) is 3.38. The molecule has 0 heterocycles. The van der Waals surface area contributed by atoms with Crippen molar-refractivity contribution in [1.82, 2.24) is 0 Å². The molecule has 2 unspecified atom stereocenters. The van der Waals surface area contributed by atoms with Gasteiger partial charge in [-0.25, -0.2) is 0 Å². The van der Waals surface area contributed by atoms with Crippen molar-refractivity contribution >= 4 is 19.7 Å². The lowest BCUT2D eigenvalue weighted by atomic mass is 9.92. The first-order valence-electron chi connectivity index (χ1n) is 13.5. The third-order valence-electron chi connectivity index (χ3n) is 10.00. The van der Waals surface area contributed by atoms with Crippen LogP contribution in [0.2, 0.25) is 13.1 Å². The molecule has 0 N–H and O–H groups in total. The number of allylic oxidation sites excluding steroid dienone is 2. The maximum Gasteiger partial charge on any atom is 0.0788 e. The van der Waals surface area contributed by atoms with Gasteiger partial charge < -0.3 is 0 Å². The van der Waals surface area contributed by atoms with Crippen LogP contribution in [0.5, 0.6) is 0 Å². The second-order valence-corrected chi connectivity index (χ2v) is 17.2. The summed E-state index contributed by atoms with van der Waals surface area (Å²) in [5.41, 5.74) is 14.0. The van der Waals surface area contributed by atoms with E-state index in [1.807, 2.05) is 0 Å². The van der Waals surface area contributed by atoms with Gasteiger partial charge in [-0.1, -0.05) is 147 Å². The van der Waals surface area contributed by atoms with Crippen LogP contribution in [0.4, 0.5) is 0 Å². The van der Waals surface area contributed by atoms with Crippen LogP contribution in [-0.2, 0) is 10.1 Å². The minimum atomic E-state index is -2.10. The van der Waals surface area contributed by atoms with Crippen molar-refractivity contribution < 1.29 is 0 Å². The molecule has 0 nitrogen and oxygen atoms in total. The summed E-state index contributed by atoms with van der Waals surface area (Å²) in [6.45, 7) is 14.8. The fraction of sp³-hybridized carbons (Fsp3) is 0.222. The van der Waals surface area contributed by atoms with Crippen LogP contribution in [0, 0.1) is 6.92 Å². The minimum absolute atomic E-state index is 0.00748. The average molecular weight is 497 g/mol. The zero-order chi connectivity index (χ0) is 26.0. The molecule has 0 fully saturated rings. The third kappa shape index (κ3) is 3.27. The van der Waals surface area contributed by atoms with E-state index in [4.69, 9.17) is 0 Å². The number of aryl methyl sites for hydroxylation is 1. The number of fused-ring (bicyclic) bond motifs is 2. The van der Waals surface area contributed by atoms with Gasteiger partial charge in [-0.3, -0.25) is 0 Å². The molecule has 0 aliphatic heterocycles. The molecule has 184 valence electrons. The standard InChI is InChI=1S/C36H36Si/c1-25-19-21-28(22-20-25)29-16-12-18-34-31(29)23-26(2)36(34,4)37(5,6)35(3)24-32(27-13-8-7-9-14-27)30-15-10-11-17-33(30)35/h7-24H,1-6H3. The molecular weight excluding hydrogens is 460 g/mol. The Balaban J connectivity index is 1.55. The van der Waals surface area contributed by atoms with E-state index >= 15 is 0 Å². The molecule has 0 saturated carbocycles. The van der Waals surface area contributed by atoms with E-state index in [0.29, 0.717) is 0 Å². The molecule has 0 spiro atoms. The van der Waals surface area contributed by atoms with E-state index in [1.165, 1.54) is 55.7 Å². The van der Waals surface area contributed by atoms with Gasteiger partial charge >= 0.3 is 0 Å². The first-order chi connectivity index (χ1) is 17.7. The van der Waals surface area contributed by atoms with E-state index in [2.05, 4.69) is 150 Å². The third-order valence-corrected chi connectivity index (χ3v) is 16.2. The summed E-state index contributed by atoms with van der Waals surface area (Å²) in [7, 11) is -2.10. The molecule has 6 rings (SSSR count). The lowest BCUT2D eigenvalue weighted by Crippen LogP contribution is -2.61. The Hall–Kier alpha value is -3.42. The summed E-state index contributed by atoms with van der Waals surface area (Å²) in [5, 5.41) is -0.00632. The number of hydrogen-bond donors (Lipinski definition) is 0. The van der Waals surface area contributed by atoms with Gasteiger partial charge in [-0.2, -0.15) is 0 Å². The van der Waals surface area contributed by atoms with E-state index in [-0.39, 0.29) is 10.1 Å². The molecule has 4 aromatic carbocycles. The van der Waals surface area contributed by atoms with Gasteiger partial charge in [0.1, 0.15) is 0 Å². The summed E-state index contributed by atoms with van der Waals surface area (Å²) in [6, 6.07) is 36.1. The smallest absolute Gasteiger partial charge is 0.0684 e. The van der Waals surface area contributed by atoms with Crippen molar-refractivity contribution in [2.45, 2.75) is 50.9 Å². The predicted molar refractivity (Wildman–Crippen MR) is 162 cm³/mol. The van der Waals surface area contributed by atoms with Crippen molar-refractivity contribution in [3.8, 4) is 11.1 Å². The highest BCUT2D eigenvalue weighted by Crippen LogP contribution is 2.58. The molecule has 0 bridgehead atoms. The Kier molecular flexibility index (Phi) is 5.37. The quantitative estimate of drug-likeness (QED) is 0.247. The molecule has 0 saturated heterocycles. The molecule has 1 heteroatoms. The van der Waals surface area contributed by atoms with E-state index in [1.54, 1.807) is 0 Å². The maximum atomic E-state index is 2.62. The zero-order valence-corrected chi connectivity index (χ0v) is 23.9. The summed E-state index contributed by atoms with van der Waals surface area (Å²) in [5.74, 6) is 0. The van der Waals surface area contributed by atoms with Gasteiger partial charge in [-0.05, 0) is 58.4 Å². The first-order valence-corrected chi connectivity index (χ1v) is 16.5. The van der Waals surface area contributed by atoms with Crippen LogP contribution >= 0.6 is 0 Å². The van der Waals surface area contributed by atoms with Crippen LogP contribution in [0.1, 0.15) is 54.2 Å². The Morgan fingerprint density at radius 2 is 1.22 bits per heavy atom. The Morgan fingerprint density at radius 3 is 1.95 bits per heavy atom. The minimum Gasteiger partial charge on any atom is -0.0684 e. The Morgan fingerprint density at radius 1 is 0.595 bits per heavy atom. The van der Waals surface area contributed by atoms with Crippen LogP contribution in [0.3, 0.4) is 0 Å². The topological polar surface area (TPSA) is 0 Å². The first kappa shape index (κ1) is 23.9. The van der Waals surface area contributed by atoms with Crippen molar-refractivity contribution in [2.75, 3.05) is 0 Å². The summed E-state index contributed by atoms with van der Waals surface area (Å²) < 4.78 is 0. The van der Waals surface area contributed by atoms with E-state index in [0.717, 1.165) is 0 Å². The Labute approximate surface area is 223 Å². The summed E-state index contributed by atoms with van der Waals surface area (Å²) >= 11 is 0. The largest absolute Gasteiger partial charge is 0.0788 e.